The molecule has 0 fully saturated rings. The van der Waals surface area contributed by atoms with E-state index in [1.165, 1.54) is 11.0 Å². The number of aryl methyl sites for hydroxylation is 3. The number of carbonyl (C=O) groups excluding carboxylic acids is 2. The van der Waals surface area contributed by atoms with Gasteiger partial charge in [-0.1, -0.05) is 63.1 Å². The molecule has 1 aliphatic rings. The van der Waals surface area contributed by atoms with Crippen molar-refractivity contribution in [1.82, 2.24) is 4.98 Å². The molecule has 48 heavy (non-hydrogen) atoms. The molecule has 1 amide bonds. The van der Waals surface area contributed by atoms with E-state index in [-0.39, 0.29) is 16.9 Å². The van der Waals surface area contributed by atoms with Gasteiger partial charge in [-0.05, 0) is 68.0 Å². The average molecular weight is 660 g/mol. The number of phenols is 1. The molecule has 0 spiro atoms. The van der Waals surface area contributed by atoms with Gasteiger partial charge < -0.3 is 29.5 Å². The number of amides is 1. The van der Waals surface area contributed by atoms with Crippen LogP contribution in [0.4, 0.5) is 15.8 Å². The minimum absolute atomic E-state index is 0.0195. The quantitative estimate of drug-likeness (QED) is 0.161. The Labute approximate surface area is 282 Å². The molecule has 4 aromatic rings. The van der Waals surface area contributed by atoms with Gasteiger partial charge in [-0.15, -0.1) is 0 Å². The maximum atomic E-state index is 16.3. The Morgan fingerprint density at radius 1 is 1.06 bits per heavy atom. The number of benzene rings is 3. The van der Waals surface area contributed by atoms with Crippen molar-refractivity contribution in [2.75, 3.05) is 17.3 Å². The number of aromatic hydroxyl groups is 1. The molecule has 1 aliphatic heterocycles. The summed E-state index contributed by atoms with van der Waals surface area (Å²) in [4.78, 5) is 28.3. The number of fused-ring (bicyclic) bond motifs is 1. The van der Waals surface area contributed by atoms with Crippen LogP contribution in [0, 0.1) is 32.0 Å². The van der Waals surface area contributed by atoms with Gasteiger partial charge in [0.2, 0.25) is 0 Å². The number of nitrogens with one attached hydrogen (secondary N) is 1. The summed E-state index contributed by atoms with van der Waals surface area (Å²) in [5, 5.41) is 21.5. The lowest BCUT2D eigenvalue weighted by Crippen LogP contribution is -2.36. The summed E-state index contributed by atoms with van der Waals surface area (Å²) < 4.78 is 27.8. The summed E-state index contributed by atoms with van der Waals surface area (Å²) in [5.74, 6) is 0.0944. The van der Waals surface area contributed by atoms with Gasteiger partial charge in [0.25, 0.3) is 5.91 Å². The zero-order chi connectivity index (χ0) is 35.8. The summed E-state index contributed by atoms with van der Waals surface area (Å²) in [7, 11) is 1.00. The molecule has 0 saturated heterocycles. The number of anilines is 2. The summed E-state index contributed by atoms with van der Waals surface area (Å²) in [6.45, 7) is 16.0. The Balaban J connectivity index is 0.00000151. The molecule has 0 aliphatic carbocycles. The molecule has 10 heteroatoms. The zero-order valence-corrected chi connectivity index (χ0v) is 29.0. The highest BCUT2D eigenvalue weighted by molar-refractivity contribution is 6.09. The highest BCUT2D eigenvalue weighted by atomic mass is 19.1. The van der Waals surface area contributed by atoms with Gasteiger partial charge in [-0.3, -0.25) is 9.69 Å². The molecule has 0 saturated carbocycles. The van der Waals surface area contributed by atoms with Gasteiger partial charge in [0, 0.05) is 31.4 Å². The topological polar surface area (TPSA) is 125 Å². The third-order valence-corrected chi connectivity index (χ3v) is 8.43. The Morgan fingerprint density at radius 3 is 2.31 bits per heavy atom. The van der Waals surface area contributed by atoms with E-state index in [0.29, 0.717) is 47.4 Å². The van der Waals surface area contributed by atoms with E-state index in [4.69, 9.17) is 19.1 Å². The number of para-hydroxylation sites is 1. The van der Waals surface area contributed by atoms with E-state index in [1.54, 1.807) is 44.2 Å². The molecule has 3 N–H and O–H groups in total. The SMILES string of the molecule is C=O.CCC(C)(C)CC1=C(C)C(c2ccc(OCc3ccc(C)cc3)cc2F)N(C(=O)c2nc(C)oc2C)c2cccc(O)c2N1.CO. The van der Waals surface area contributed by atoms with Crippen molar-refractivity contribution < 1.29 is 33.3 Å². The van der Waals surface area contributed by atoms with Gasteiger partial charge in [0.15, 0.2) is 11.6 Å². The standard InChI is InChI=1S/C36H40FN3O4.CH4O.CH2O/c1-8-36(6,7)19-29-22(3)34(27-17-16-26(18-28(27)37)43-20-25-14-12-21(2)13-15-25)40(30-10-9-11-31(41)33(30)39-29)35(42)32-23(4)44-24(5)38-32;2*1-2/h9-18,34,39,41H,8,19-20H2,1-7H3;2H,1H3;1H2. The molecular formula is C38H46FN3O6. The van der Waals surface area contributed by atoms with E-state index < -0.39 is 17.8 Å². The molecule has 1 unspecified atom stereocenters. The largest absolute Gasteiger partial charge is 0.506 e. The number of hydrogen-bond acceptors (Lipinski definition) is 8. The summed E-state index contributed by atoms with van der Waals surface area (Å²) in [5.41, 5.74) is 4.78. The number of phenolic OH excluding ortho intramolecular Hbond substituents is 1. The van der Waals surface area contributed by atoms with Crippen LogP contribution in [-0.2, 0) is 11.4 Å². The molecule has 3 aromatic carbocycles. The van der Waals surface area contributed by atoms with Crippen LogP contribution >= 0.6 is 0 Å². The predicted molar refractivity (Wildman–Crippen MR) is 186 cm³/mol. The second kappa shape index (κ2) is 16.2. The first-order valence-electron chi connectivity index (χ1n) is 15.7. The van der Waals surface area contributed by atoms with Crippen molar-refractivity contribution in [1.29, 1.82) is 0 Å². The number of oxazole rings is 1. The number of carbonyl (C=O) groups is 2. The Hall–Kier alpha value is -4.96. The second-order valence-electron chi connectivity index (χ2n) is 12.3. The first-order valence-corrected chi connectivity index (χ1v) is 15.7. The first-order chi connectivity index (χ1) is 22.9. The lowest BCUT2D eigenvalue weighted by molar-refractivity contribution is -0.0980. The van der Waals surface area contributed by atoms with Gasteiger partial charge in [0.05, 0.1) is 11.7 Å². The van der Waals surface area contributed by atoms with E-state index in [1.807, 2.05) is 44.9 Å². The molecule has 0 radical (unpaired) electrons. The number of allylic oxidation sites excluding steroid dienone is 1. The van der Waals surface area contributed by atoms with E-state index in [9.17, 15) is 9.90 Å². The van der Waals surface area contributed by atoms with Crippen LogP contribution in [0.25, 0.3) is 0 Å². The van der Waals surface area contributed by atoms with Crippen LogP contribution in [0.1, 0.15) is 85.4 Å². The number of rotatable bonds is 8. The fraction of sp³-hybridized carbons (Fsp3) is 0.342. The van der Waals surface area contributed by atoms with Crippen LogP contribution in [0.2, 0.25) is 0 Å². The van der Waals surface area contributed by atoms with Crippen molar-refractivity contribution in [3.05, 3.63) is 112 Å². The van der Waals surface area contributed by atoms with Crippen LogP contribution in [-0.4, -0.2) is 35.0 Å². The average Bonchev–Trinajstić information content (AvgIpc) is 3.37. The van der Waals surface area contributed by atoms with Gasteiger partial charge in [-0.2, -0.15) is 0 Å². The number of aromatic nitrogens is 1. The molecule has 2 heterocycles. The Kier molecular flexibility index (Phi) is 12.7. The van der Waals surface area contributed by atoms with Crippen molar-refractivity contribution in [2.45, 2.75) is 74.0 Å². The minimum Gasteiger partial charge on any atom is -0.506 e. The molecule has 256 valence electrons. The molecular weight excluding hydrogens is 613 g/mol. The fourth-order valence-electron chi connectivity index (χ4n) is 5.50. The third-order valence-electron chi connectivity index (χ3n) is 8.43. The monoisotopic (exact) mass is 659 g/mol. The Morgan fingerprint density at radius 2 is 1.73 bits per heavy atom. The third kappa shape index (κ3) is 8.30. The normalized spacial score (nSPS) is 14.0. The van der Waals surface area contributed by atoms with Crippen LogP contribution < -0.4 is 15.0 Å². The van der Waals surface area contributed by atoms with Crippen LogP contribution in [0.15, 0.2) is 76.4 Å². The van der Waals surface area contributed by atoms with Crippen LogP contribution in [0.3, 0.4) is 0 Å². The Bertz CT molecular complexity index is 1750. The number of ether oxygens (including phenoxy) is 1. The molecule has 1 aromatic heterocycles. The van der Waals surface area contributed by atoms with Gasteiger partial charge >= 0.3 is 0 Å². The highest BCUT2D eigenvalue weighted by Crippen LogP contribution is 2.48. The zero-order valence-electron chi connectivity index (χ0n) is 29.0. The number of aliphatic hydroxyl groups is 1. The van der Waals surface area contributed by atoms with Crippen molar-refractivity contribution in [3.63, 3.8) is 0 Å². The van der Waals surface area contributed by atoms with Crippen molar-refractivity contribution >= 4 is 24.1 Å². The van der Waals surface area contributed by atoms with E-state index in [0.717, 1.165) is 35.9 Å². The van der Waals surface area contributed by atoms with E-state index >= 15 is 4.39 Å². The van der Waals surface area contributed by atoms with E-state index in [2.05, 4.69) is 31.1 Å². The summed E-state index contributed by atoms with van der Waals surface area (Å²) in [6, 6.07) is 16.9. The molecule has 5 rings (SSSR count). The smallest absolute Gasteiger partial charge is 0.281 e. The second-order valence-corrected chi connectivity index (χ2v) is 12.3. The predicted octanol–water partition coefficient (Wildman–Crippen LogP) is 8.36. The summed E-state index contributed by atoms with van der Waals surface area (Å²) in [6.07, 6.45) is 1.51. The molecule has 9 nitrogen and oxygen atoms in total. The summed E-state index contributed by atoms with van der Waals surface area (Å²) >= 11 is 0. The van der Waals surface area contributed by atoms with Crippen LogP contribution in [0.5, 0.6) is 11.5 Å². The number of aliphatic hydroxyl groups excluding tert-OH is 1. The first kappa shape index (κ1) is 37.5. The highest BCUT2D eigenvalue weighted by Gasteiger charge is 2.39. The minimum atomic E-state index is -0.858. The number of hydrogen-bond donors (Lipinski definition) is 3. The lowest BCUT2D eigenvalue weighted by atomic mass is 9.83. The molecule has 1 atom stereocenters. The number of nitrogens with zero attached hydrogens (tertiary/aromatic N) is 2. The molecule has 0 bridgehead atoms. The van der Waals surface area contributed by atoms with Crippen molar-refractivity contribution in [2.24, 2.45) is 5.41 Å². The maximum Gasteiger partial charge on any atom is 0.281 e. The fourth-order valence-corrected chi connectivity index (χ4v) is 5.50. The number of halogens is 1. The van der Waals surface area contributed by atoms with Gasteiger partial charge in [-0.25, -0.2) is 9.37 Å². The van der Waals surface area contributed by atoms with Crippen molar-refractivity contribution in [3.8, 4) is 11.5 Å². The lowest BCUT2D eigenvalue weighted by Gasteiger charge is -2.33. The maximum absolute atomic E-state index is 16.3. The van der Waals surface area contributed by atoms with Gasteiger partial charge in [0.1, 0.15) is 42.2 Å².